The Balaban J connectivity index is 1.84. The summed E-state index contributed by atoms with van der Waals surface area (Å²) < 4.78 is 25.1. The van der Waals surface area contributed by atoms with Crippen LogP contribution in [-0.4, -0.2) is 42.4 Å². The molecule has 110 valence electrons. The Morgan fingerprint density at radius 1 is 1.33 bits per heavy atom. The summed E-state index contributed by atoms with van der Waals surface area (Å²) in [6.45, 7) is 1.67. The first-order valence-electron chi connectivity index (χ1n) is 7.15. The number of methoxy groups -OCH3 is 1. The van der Waals surface area contributed by atoms with Crippen molar-refractivity contribution in [2.24, 2.45) is 0 Å². The highest BCUT2D eigenvalue weighted by Crippen LogP contribution is 2.36. The van der Waals surface area contributed by atoms with Gasteiger partial charge in [-0.3, -0.25) is 0 Å². The van der Waals surface area contributed by atoms with Crippen LogP contribution in [0, 0.1) is 5.82 Å². The van der Waals surface area contributed by atoms with E-state index in [0.717, 1.165) is 37.2 Å². The predicted octanol–water partition coefficient (Wildman–Crippen LogP) is 2.15. The third-order valence-corrected chi connectivity index (χ3v) is 4.41. The first-order chi connectivity index (χ1) is 10.3. The molecule has 1 aromatic carbocycles. The van der Waals surface area contributed by atoms with Crippen molar-refractivity contribution in [3.05, 3.63) is 24.3 Å². The van der Waals surface area contributed by atoms with E-state index >= 15 is 0 Å². The highest BCUT2D eigenvalue weighted by molar-refractivity contribution is 5.91. The summed E-state index contributed by atoms with van der Waals surface area (Å²) in [7, 11) is 1.45. The van der Waals surface area contributed by atoms with E-state index in [9.17, 15) is 4.39 Å². The van der Waals surface area contributed by atoms with Crippen LogP contribution in [0.25, 0.3) is 10.9 Å². The number of halogens is 1. The quantitative estimate of drug-likeness (QED) is 0.847. The van der Waals surface area contributed by atoms with Crippen molar-refractivity contribution in [2.75, 3.05) is 25.2 Å². The fourth-order valence-corrected chi connectivity index (χ4v) is 3.41. The zero-order valence-corrected chi connectivity index (χ0v) is 11.8. The van der Waals surface area contributed by atoms with E-state index in [1.54, 1.807) is 6.07 Å². The standard InChI is InChI=1S/C15H16FN3O2/c1-20-12-3-2-9-14(13(12)16)17-8-18-15(9)19-6-4-11-10(19)5-7-21-11/h2-3,8,10-11H,4-7H2,1H3/t10?,11-/m0/s1. The fourth-order valence-electron chi connectivity index (χ4n) is 3.41. The Kier molecular flexibility index (Phi) is 2.92. The zero-order chi connectivity index (χ0) is 14.4. The fraction of sp³-hybridized carbons (Fsp3) is 0.467. The van der Waals surface area contributed by atoms with Gasteiger partial charge in [0.1, 0.15) is 17.7 Å². The molecule has 5 nitrogen and oxygen atoms in total. The van der Waals surface area contributed by atoms with Gasteiger partial charge >= 0.3 is 0 Å². The number of fused-ring (bicyclic) bond motifs is 2. The van der Waals surface area contributed by atoms with Gasteiger partial charge < -0.3 is 14.4 Å². The van der Waals surface area contributed by atoms with E-state index in [2.05, 4.69) is 14.9 Å². The van der Waals surface area contributed by atoms with Crippen molar-refractivity contribution >= 4 is 16.7 Å². The van der Waals surface area contributed by atoms with Crippen molar-refractivity contribution in [3.8, 4) is 5.75 Å². The Hall–Kier alpha value is -1.95. The molecule has 2 saturated heterocycles. The lowest BCUT2D eigenvalue weighted by molar-refractivity contribution is 0.113. The average Bonchev–Trinajstić information content (AvgIpc) is 3.10. The van der Waals surface area contributed by atoms with Gasteiger partial charge in [-0.2, -0.15) is 0 Å². The summed E-state index contributed by atoms with van der Waals surface area (Å²) in [5.41, 5.74) is 0.307. The molecular formula is C15H16FN3O2. The van der Waals surface area contributed by atoms with Gasteiger partial charge in [-0.25, -0.2) is 14.4 Å². The summed E-state index contributed by atoms with van der Waals surface area (Å²) in [5, 5.41) is 0.725. The molecule has 0 spiro atoms. The molecule has 2 atom stereocenters. The molecule has 4 rings (SSSR count). The molecule has 1 aromatic heterocycles. The topological polar surface area (TPSA) is 47.5 Å². The van der Waals surface area contributed by atoms with Crippen LogP contribution in [0.2, 0.25) is 0 Å². The van der Waals surface area contributed by atoms with Gasteiger partial charge in [0.15, 0.2) is 11.6 Å². The Morgan fingerprint density at radius 3 is 3.10 bits per heavy atom. The van der Waals surface area contributed by atoms with Crippen LogP contribution in [0.15, 0.2) is 18.5 Å². The van der Waals surface area contributed by atoms with Crippen LogP contribution in [0.3, 0.4) is 0 Å². The van der Waals surface area contributed by atoms with Crippen molar-refractivity contribution in [1.82, 2.24) is 9.97 Å². The Labute approximate surface area is 121 Å². The molecule has 21 heavy (non-hydrogen) atoms. The van der Waals surface area contributed by atoms with Crippen molar-refractivity contribution in [1.29, 1.82) is 0 Å². The molecule has 2 aliphatic rings. The van der Waals surface area contributed by atoms with Gasteiger partial charge in [0.2, 0.25) is 0 Å². The first-order valence-corrected chi connectivity index (χ1v) is 7.15. The summed E-state index contributed by atoms with van der Waals surface area (Å²) in [5.74, 6) is 0.562. The molecule has 1 unspecified atom stereocenters. The van der Waals surface area contributed by atoms with Crippen LogP contribution in [0.5, 0.6) is 5.75 Å². The largest absolute Gasteiger partial charge is 0.494 e. The zero-order valence-electron chi connectivity index (χ0n) is 11.8. The van der Waals surface area contributed by atoms with Gasteiger partial charge in [0.25, 0.3) is 0 Å². The lowest BCUT2D eigenvalue weighted by Gasteiger charge is -2.25. The molecule has 0 radical (unpaired) electrons. The van der Waals surface area contributed by atoms with Gasteiger partial charge in [-0.15, -0.1) is 0 Å². The smallest absolute Gasteiger partial charge is 0.191 e. The highest BCUT2D eigenvalue weighted by Gasteiger charge is 2.39. The van der Waals surface area contributed by atoms with Crippen LogP contribution in [-0.2, 0) is 4.74 Å². The molecule has 2 fully saturated rings. The van der Waals surface area contributed by atoms with Crippen molar-refractivity contribution in [3.63, 3.8) is 0 Å². The monoisotopic (exact) mass is 289 g/mol. The number of aromatic nitrogens is 2. The maximum atomic E-state index is 14.3. The van der Waals surface area contributed by atoms with E-state index in [0.29, 0.717) is 11.6 Å². The molecule has 0 saturated carbocycles. The van der Waals surface area contributed by atoms with E-state index in [4.69, 9.17) is 9.47 Å². The Morgan fingerprint density at radius 2 is 2.24 bits per heavy atom. The predicted molar refractivity (Wildman–Crippen MR) is 76.2 cm³/mol. The molecule has 0 N–H and O–H groups in total. The van der Waals surface area contributed by atoms with Crippen molar-refractivity contribution < 1.29 is 13.9 Å². The second-order valence-electron chi connectivity index (χ2n) is 5.42. The third-order valence-electron chi connectivity index (χ3n) is 4.41. The number of benzene rings is 1. The number of anilines is 1. The second-order valence-corrected chi connectivity index (χ2v) is 5.42. The van der Waals surface area contributed by atoms with Gasteiger partial charge in [0.05, 0.1) is 19.3 Å². The molecule has 3 heterocycles. The summed E-state index contributed by atoms with van der Waals surface area (Å²) in [6, 6.07) is 3.80. The van der Waals surface area contributed by atoms with E-state index in [-0.39, 0.29) is 11.9 Å². The van der Waals surface area contributed by atoms with E-state index in [1.807, 2.05) is 6.07 Å². The van der Waals surface area contributed by atoms with Gasteiger partial charge in [0, 0.05) is 18.5 Å². The minimum Gasteiger partial charge on any atom is -0.494 e. The second kappa shape index (κ2) is 4.80. The van der Waals surface area contributed by atoms with E-state index < -0.39 is 5.82 Å². The molecule has 2 aliphatic heterocycles. The highest BCUT2D eigenvalue weighted by atomic mass is 19.1. The maximum absolute atomic E-state index is 14.3. The number of hydrogen-bond acceptors (Lipinski definition) is 5. The number of nitrogens with zero attached hydrogens (tertiary/aromatic N) is 3. The van der Waals surface area contributed by atoms with Crippen LogP contribution < -0.4 is 9.64 Å². The SMILES string of the molecule is COc1ccc2c(N3CC[C@@H]4OCCC43)ncnc2c1F. The third kappa shape index (κ3) is 1.86. The van der Waals surface area contributed by atoms with E-state index in [1.165, 1.54) is 13.4 Å². The van der Waals surface area contributed by atoms with Gasteiger partial charge in [-0.05, 0) is 25.0 Å². The summed E-state index contributed by atoms with van der Waals surface area (Å²) >= 11 is 0. The molecule has 2 aromatic rings. The average molecular weight is 289 g/mol. The number of ether oxygens (including phenoxy) is 2. The molecular weight excluding hydrogens is 273 g/mol. The minimum absolute atomic E-state index is 0.204. The molecule has 0 aliphatic carbocycles. The number of hydrogen-bond donors (Lipinski definition) is 0. The summed E-state index contributed by atoms with van der Waals surface area (Å²) in [4.78, 5) is 10.7. The minimum atomic E-state index is -0.433. The van der Waals surface area contributed by atoms with Crippen LogP contribution >= 0.6 is 0 Å². The van der Waals surface area contributed by atoms with Crippen molar-refractivity contribution in [2.45, 2.75) is 25.0 Å². The van der Waals surface area contributed by atoms with Crippen LogP contribution in [0.1, 0.15) is 12.8 Å². The number of rotatable bonds is 2. The molecule has 0 amide bonds. The first kappa shape index (κ1) is 12.8. The lowest BCUT2D eigenvalue weighted by atomic mass is 10.1. The molecule has 6 heteroatoms. The van der Waals surface area contributed by atoms with Gasteiger partial charge in [-0.1, -0.05) is 0 Å². The lowest BCUT2D eigenvalue weighted by Crippen LogP contribution is -2.32. The molecule has 0 bridgehead atoms. The summed E-state index contributed by atoms with van der Waals surface area (Å²) in [6.07, 6.45) is 3.69. The normalized spacial score (nSPS) is 24.6. The maximum Gasteiger partial charge on any atom is 0.191 e. The Bertz CT molecular complexity index is 694. The van der Waals surface area contributed by atoms with Crippen LogP contribution in [0.4, 0.5) is 10.2 Å².